The van der Waals surface area contributed by atoms with Gasteiger partial charge in [-0.05, 0) is 102 Å². The summed E-state index contributed by atoms with van der Waals surface area (Å²) in [5.41, 5.74) is 6.23. The first-order valence-corrected chi connectivity index (χ1v) is 32.9. The fourth-order valence-electron chi connectivity index (χ4n) is 10.1. The molecule has 438 valence electrons. The van der Waals surface area contributed by atoms with E-state index in [2.05, 4.69) is 134 Å². The summed E-state index contributed by atoms with van der Waals surface area (Å²) in [6, 6.07) is 86.2. The highest BCUT2D eigenvalue weighted by atomic mass is 32.2. The summed E-state index contributed by atoms with van der Waals surface area (Å²) in [5, 5.41) is 35.9. The number of rotatable bonds is 17. The van der Waals surface area contributed by atoms with Crippen molar-refractivity contribution in [2.45, 2.75) is 117 Å². The molecule has 0 amide bonds. The van der Waals surface area contributed by atoms with Crippen LogP contribution in [0.5, 0.6) is 0 Å². The fraction of sp³-hybridized carbons (Fsp3) is 0.278. The maximum absolute atomic E-state index is 12.0. The van der Waals surface area contributed by atoms with Gasteiger partial charge in [-0.3, -0.25) is 0 Å². The average molecular weight is 1200 g/mol. The third-order valence-electron chi connectivity index (χ3n) is 14.6. The first-order chi connectivity index (χ1) is 41.2. The van der Waals surface area contributed by atoms with Crippen LogP contribution in [-0.2, 0) is 61.5 Å². The molecule has 2 fully saturated rings. The van der Waals surface area contributed by atoms with E-state index in [4.69, 9.17) is 10.5 Å². The van der Waals surface area contributed by atoms with E-state index in [0.29, 0.717) is 40.4 Å². The largest absolute Gasteiger partial charge is 0.224 e. The molecule has 0 spiro atoms. The van der Waals surface area contributed by atoms with Gasteiger partial charge in [0.05, 0.1) is 63.5 Å². The quantitative estimate of drug-likeness (QED) is 0.0687. The summed E-state index contributed by atoms with van der Waals surface area (Å²) >= 11 is 7.11. The van der Waals surface area contributed by atoms with Gasteiger partial charge in [-0.25, -0.2) is 16.8 Å². The lowest BCUT2D eigenvalue weighted by Gasteiger charge is -2.10. The Kier molecular flexibility index (Phi) is 31.1. The maximum Gasteiger partial charge on any atom is 0.182 e. The number of sulfone groups is 2. The molecule has 2 saturated carbocycles. The molecule has 10 rings (SSSR count). The lowest BCUT2D eigenvalue weighted by Crippen LogP contribution is -2.08. The van der Waals surface area contributed by atoms with Crippen molar-refractivity contribution in [2.75, 3.05) is 6.26 Å². The number of nitriles is 4. The first-order valence-electron chi connectivity index (χ1n) is 28.6. The Morgan fingerprint density at radius 1 is 0.494 bits per heavy atom. The van der Waals surface area contributed by atoms with Gasteiger partial charge < -0.3 is 0 Å². The van der Waals surface area contributed by atoms with E-state index in [1.54, 1.807) is 54.6 Å². The van der Waals surface area contributed by atoms with Gasteiger partial charge in [0.15, 0.2) is 19.7 Å². The van der Waals surface area contributed by atoms with Gasteiger partial charge in [0.1, 0.15) is 0 Å². The minimum absolute atomic E-state index is 0.0534. The molecule has 0 radical (unpaired) electrons. The summed E-state index contributed by atoms with van der Waals surface area (Å²) in [5.74, 6) is 1.45. The fourth-order valence-corrected chi connectivity index (χ4v) is 12.1. The normalized spacial score (nSPS) is 17.3. The topological polar surface area (TPSA) is 176 Å². The molecule has 0 N–H and O–H groups in total. The molecule has 0 bridgehead atoms. The Morgan fingerprint density at radius 3 is 1.24 bits per heavy atom. The molecule has 0 heterocycles. The van der Waals surface area contributed by atoms with E-state index in [1.165, 1.54) is 67.9 Å². The number of benzene rings is 8. The van der Waals surface area contributed by atoms with Gasteiger partial charge in [-0.15, -0.1) is 0 Å². The van der Waals surface area contributed by atoms with Crippen LogP contribution in [0.4, 0.5) is 0 Å². The Balaban J connectivity index is 0.000000223. The van der Waals surface area contributed by atoms with E-state index >= 15 is 0 Å². The van der Waals surface area contributed by atoms with E-state index in [1.807, 2.05) is 121 Å². The van der Waals surface area contributed by atoms with Crippen LogP contribution in [0.3, 0.4) is 0 Å². The van der Waals surface area contributed by atoms with Crippen molar-refractivity contribution in [1.82, 2.24) is 0 Å². The van der Waals surface area contributed by atoms with Crippen molar-refractivity contribution < 1.29 is 16.8 Å². The molecule has 2 aliphatic rings. The number of hydrogen-bond donors (Lipinski definition) is 1. The second-order valence-electron chi connectivity index (χ2n) is 20.5. The van der Waals surface area contributed by atoms with E-state index in [-0.39, 0.29) is 16.6 Å². The zero-order valence-corrected chi connectivity index (χ0v) is 52.2. The molecule has 0 aromatic heterocycles. The molecule has 5 unspecified atom stereocenters. The lowest BCUT2D eigenvalue weighted by molar-refractivity contribution is 0.584. The predicted molar refractivity (Wildman–Crippen MR) is 350 cm³/mol. The van der Waals surface area contributed by atoms with Gasteiger partial charge in [0.2, 0.25) is 0 Å². The minimum atomic E-state index is -3.21. The molecule has 8 aromatic rings. The highest BCUT2D eigenvalue weighted by Crippen LogP contribution is 2.67. The van der Waals surface area contributed by atoms with Gasteiger partial charge in [0, 0.05) is 24.6 Å². The average Bonchev–Trinajstić information content (AvgIpc) is 1.65. The van der Waals surface area contributed by atoms with E-state index < -0.39 is 19.7 Å². The molecule has 0 aliphatic heterocycles. The van der Waals surface area contributed by atoms with E-state index in [9.17, 15) is 27.4 Å². The van der Waals surface area contributed by atoms with Gasteiger partial charge in [0.25, 0.3) is 0 Å². The van der Waals surface area contributed by atoms with Crippen molar-refractivity contribution in [2.24, 2.45) is 15.6 Å². The van der Waals surface area contributed by atoms with Crippen molar-refractivity contribution >= 4 is 44.9 Å². The monoisotopic (exact) mass is 1200 g/mol. The highest BCUT2D eigenvalue weighted by Gasteiger charge is 2.66. The number of thiol groups is 1. The standard InChI is InChI=1S/C21H23N.C15H19N.C13H12O2S.2C8H7N.C7H8O2S.HNS2/c1-2-3-6-15-19-20(17-11-7-4-8-12-17)21(19,16-22)18-13-9-5-10-14-18;1-2-3-5-10-14-11-15(14,12-16)13-8-6-4-7-9-13;14-16(15,13-9-5-2-6-10-13)11-12-7-3-1-4-8-12;2*9-7-6-8-4-2-1-3-5-8;1-10(8,9)7-5-3-2-4-6-7;2-1-3/h4-5,7-14,19-20H,2-3,6,15H2,1H3;4,6-9,14H,2-3,5,10-11H2,1H3;1-10H,11H2;2*1-5H,6H2;2-6H,1H3;(H,2,3). The summed E-state index contributed by atoms with van der Waals surface area (Å²) in [6.07, 6.45) is 13.2. The van der Waals surface area contributed by atoms with Crippen LogP contribution in [0.1, 0.15) is 111 Å². The van der Waals surface area contributed by atoms with Crippen molar-refractivity contribution in [3.8, 4) is 24.3 Å². The molecular formula is C72H77N5O4S4. The van der Waals surface area contributed by atoms with Crippen LogP contribution in [0.2, 0.25) is 0 Å². The van der Waals surface area contributed by atoms with Crippen LogP contribution < -0.4 is 0 Å². The minimum Gasteiger partial charge on any atom is -0.224 e. The third kappa shape index (κ3) is 23.2. The zero-order chi connectivity index (χ0) is 61.7. The Bertz CT molecular complexity index is 3500. The van der Waals surface area contributed by atoms with Crippen molar-refractivity contribution in [3.05, 3.63) is 276 Å². The van der Waals surface area contributed by atoms with Gasteiger partial charge in [-0.2, -0.15) is 24.8 Å². The molecule has 85 heavy (non-hydrogen) atoms. The SMILES string of the molecule is CCCCCC1C(c2ccccc2)C1(C#N)c1ccccc1.CCCCCC1CC1(C#N)c1ccccc1.CS(=O)(=O)c1ccccc1.N#CCc1ccccc1.N#CCc1ccccc1.O=S(=O)(Cc1ccccc1)c1ccccc1.S=NS. The van der Waals surface area contributed by atoms with Gasteiger partial charge >= 0.3 is 0 Å². The second-order valence-corrected chi connectivity index (χ2v) is 25.2. The van der Waals surface area contributed by atoms with E-state index in [0.717, 1.165) is 29.5 Å². The summed E-state index contributed by atoms with van der Waals surface area (Å²) in [4.78, 5) is 0.744. The van der Waals surface area contributed by atoms with Crippen molar-refractivity contribution in [3.63, 3.8) is 0 Å². The molecular weight excluding hydrogens is 1130 g/mol. The predicted octanol–water partition coefficient (Wildman–Crippen LogP) is 17.3. The lowest BCUT2D eigenvalue weighted by atomic mass is 9.91. The third-order valence-corrected chi connectivity index (χ3v) is 17.4. The first kappa shape index (κ1) is 69.5. The Hall–Kier alpha value is -8.01. The number of hydrogen-bond acceptors (Lipinski definition) is 10. The van der Waals surface area contributed by atoms with Crippen LogP contribution in [0, 0.1) is 57.2 Å². The Labute approximate surface area is 518 Å². The van der Waals surface area contributed by atoms with Crippen LogP contribution in [0.15, 0.2) is 256 Å². The van der Waals surface area contributed by atoms with Crippen molar-refractivity contribution in [1.29, 1.82) is 21.0 Å². The highest BCUT2D eigenvalue weighted by molar-refractivity contribution is 7.91. The zero-order valence-electron chi connectivity index (χ0n) is 48.9. The summed E-state index contributed by atoms with van der Waals surface area (Å²) < 4.78 is 48.4. The molecule has 9 nitrogen and oxygen atoms in total. The molecule has 2 aliphatic carbocycles. The molecule has 8 aromatic carbocycles. The summed E-state index contributed by atoms with van der Waals surface area (Å²) in [7, 11) is -6.22. The smallest absolute Gasteiger partial charge is 0.182 e. The summed E-state index contributed by atoms with van der Waals surface area (Å²) in [6.45, 7) is 4.46. The van der Waals surface area contributed by atoms with Crippen LogP contribution >= 0.6 is 12.8 Å². The molecule has 0 saturated heterocycles. The van der Waals surface area contributed by atoms with Crippen LogP contribution in [-0.4, -0.2) is 23.1 Å². The number of unbranched alkanes of at least 4 members (excludes halogenated alkanes) is 4. The van der Waals surface area contributed by atoms with Gasteiger partial charge in [-0.1, -0.05) is 271 Å². The Morgan fingerprint density at radius 2 is 0.859 bits per heavy atom. The number of nitrogens with zero attached hydrogens (tertiary/aromatic N) is 5. The maximum atomic E-state index is 12.0. The van der Waals surface area contributed by atoms with Crippen LogP contribution in [0.25, 0.3) is 0 Å². The molecule has 5 atom stereocenters. The molecule has 13 heteroatoms. The second kappa shape index (κ2) is 38.0.